The van der Waals surface area contributed by atoms with E-state index in [0.717, 1.165) is 38.2 Å². The van der Waals surface area contributed by atoms with E-state index in [9.17, 15) is 5.11 Å². The maximum atomic E-state index is 9.20. The second-order valence-electron chi connectivity index (χ2n) is 5.24. The average Bonchev–Trinajstić information content (AvgIpc) is 2.46. The predicted molar refractivity (Wildman–Crippen MR) is 76.4 cm³/mol. The average molecular weight is 264 g/mol. The number of benzene rings is 1. The van der Waals surface area contributed by atoms with Gasteiger partial charge < -0.3 is 20.5 Å². The molecule has 1 aliphatic heterocycles. The Morgan fingerprint density at radius 1 is 1.32 bits per heavy atom. The minimum absolute atomic E-state index is 0.0906. The van der Waals surface area contributed by atoms with Gasteiger partial charge in [-0.1, -0.05) is 6.92 Å². The molecule has 4 nitrogen and oxygen atoms in total. The summed E-state index contributed by atoms with van der Waals surface area (Å²) in [4.78, 5) is 2.46. The molecule has 1 aromatic rings. The van der Waals surface area contributed by atoms with Crippen molar-refractivity contribution in [2.45, 2.75) is 25.8 Å². The number of piperidine rings is 1. The summed E-state index contributed by atoms with van der Waals surface area (Å²) in [5.74, 6) is 1.57. The fourth-order valence-electron chi connectivity index (χ4n) is 2.57. The molecule has 0 aliphatic carbocycles. The molecule has 2 rings (SSSR count). The number of nitrogens with two attached hydrogens (primary N) is 1. The molecular formula is C15H24N2O2. The quantitative estimate of drug-likeness (QED) is 0.852. The third kappa shape index (κ3) is 4.11. The molecule has 0 aromatic heterocycles. The molecule has 1 aliphatic rings. The van der Waals surface area contributed by atoms with Crippen LogP contribution in [0.3, 0.4) is 0 Å². The smallest absolute Gasteiger partial charge is 0.119 e. The van der Waals surface area contributed by atoms with E-state index in [1.807, 2.05) is 0 Å². The van der Waals surface area contributed by atoms with Gasteiger partial charge in [0.05, 0.1) is 0 Å². The van der Waals surface area contributed by atoms with Crippen LogP contribution in [0.25, 0.3) is 0 Å². The summed E-state index contributed by atoms with van der Waals surface area (Å²) in [6, 6.07) is 6.87. The summed E-state index contributed by atoms with van der Waals surface area (Å²) in [5, 5.41) is 9.20. The Kier molecular flexibility index (Phi) is 5.05. The molecule has 0 radical (unpaired) electrons. The molecule has 0 saturated carbocycles. The van der Waals surface area contributed by atoms with E-state index in [0.29, 0.717) is 12.5 Å². The number of aromatic hydroxyl groups is 1. The Bertz CT molecular complexity index is 372. The van der Waals surface area contributed by atoms with Crippen molar-refractivity contribution in [2.24, 2.45) is 11.7 Å². The molecule has 106 valence electrons. The van der Waals surface area contributed by atoms with Crippen LogP contribution in [0.5, 0.6) is 11.5 Å². The Morgan fingerprint density at radius 2 is 1.95 bits per heavy atom. The molecule has 1 unspecified atom stereocenters. The van der Waals surface area contributed by atoms with Crippen molar-refractivity contribution in [3.8, 4) is 11.5 Å². The van der Waals surface area contributed by atoms with Crippen LogP contribution in [0.2, 0.25) is 0 Å². The molecule has 4 heteroatoms. The highest BCUT2D eigenvalue weighted by Crippen LogP contribution is 2.21. The Morgan fingerprint density at radius 3 is 2.53 bits per heavy atom. The molecule has 0 spiro atoms. The van der Waals surface area contributed by atoms with E-state index in [1.54, 1.807) is 24.3 Å². The maximum absolute atomic E-state index is 9.20. The van der Waals surface area contributed by atoms with Gasteiger partial charge in [-0.15, -0.1) is 0 Å². The Balaban J connectivity index is 1.75. The molecule has 0 amide bonds. The van der Waals surface area contributed by atoms with Gasteiger partial charge in [0, 0.05) is 6.04 Å². The van der Waals surface area contributed by atoms with Gasteiger partial charge in [-0.2, -0.15) is 0 Å². The van der Waals surface area contributed by atoms with Gasteiger partial charge in [0.25, 0.3) is 0 Å². The zero-order chi connectivity index (χ0) is 13.7. The number of hydrogen-bond donors (Lipinski definition) is 2. The SMILES string of the molecule is CCN1CCC(C(N)COc2ccc(O)cc2)CC1. The molecule has 0 bridgehead atoms. The van der Waals surface area contributed by atoms with Gasteiger partial charge in [-0.05, 0) is 62.7 Å². The van der Waals surface area contributed by atoms with E-state index < -0.39 is 0 Å². The summed E-state index contributed by atoms with van der Waals surface area (Å²) in [6.07, 6.45) is 2.32. The zero-order valence-corrected chi connectivity index (χ0v) is 11.6. The lowest BCUT2D eigenvalue weighted by molar-refractivity contribution is 0.152. The van der Waals surface area contributed by atoms with E-state index in [2.05, 4.69) is 11.8 Å². The van der Waals surface area contributed by atoms with Crippen molar-refractivity contribution in [3.63, 3.8) is 0 Å². The van der Waals surface area contributed by atoms with Crippen LogP contribution in [-0.2, 0) is 0 Å². The number of phenols is 1. The number of rotatable bonds is 5. The van der Waals surface area contributed by atoms with Crippen molar-refractivity contribution >= 4 is 0 Å². The van der Waals surface area contributed by atoms with Crippen LogP contribution in [0, 0.1) is 5.92 Å². The highest BCUT2D eigenvalue weighted by Gasteiger charge is 2.23. The van der Waals surface area contributed by atoms with Gasteiger partial charge in [0.2, 0.25) is 0 Å². The first-order valence-corrected chi connectivity index (χ1v) is 7.08. The maximum Gasteiger partial charge on any atom is 0.119 e. The van der Waals surface area contributed by atoms with Crippen LogP contribution < -0.4 is 10.5 Å². The minimum atomic E-state index is 0.0906. The van der Waals surface area contributed by atoms with Gasteiger partial charge >= 0.3 is 0 Å². The lowest BCUT2D eigenvalue weighted by Crippen LogP contribution is -2.43. The lowest BCUT2D eigenvalue weighted by atomic mass is 9.90. The number of likely N-dealkylation sites (tertiary alicyclic amines) is 1. The van der Waals surface area contributed by atoms with Crippen LogP contribution >= 0.6 is 0 Å². The number of ether oxygens (including phenoxy) is 1. The van der Waals surface area contributed by atoms with Crippen LogP contribution in [0.15, 0.2) is 24.3 Å². The molecular weight excluding hydrogens is 240 g/mol. The Hall–Kier alpha value is -1.26. The van der Waals surface area contributed by atoms with Gasteiger partial charge in [0.1, 0.15) is 18.1 Å². The van der Waals surface area contributed by atoms with Crippen molar-refractivity contribution in [1.29, 1.82) is 0 Å². The van der Waals surface area contributed by atoms with E-state index >= 15 is 0 Å². The lowest BCUT2D eigenvalue weighted by Gasteiger charge is -2.33. The molecule has 1 atom stereocenters. The monoisotopic (exact) mass is 264 g/mol. The summed E-state index contributed by atoms with van der Waals surface area (Å²) in [5.41, 5.74) is 6.22. The molecule has 19 heavy (non-hydrogen) atoms. The Labute approximate surface area is 115 Å². The van der Waals surface area contributed by atoms with Crippen molar-refractivity contribution in [2.75, 3.05) is 26.2 Å². The second kappa shape index (κ2) is 6.78. The highest BCUT2D eigenvalue weighted by molar-refractivity contribution is 5.30. The molecule has 1 saturated heterocycles. The largest absolute Gasteiger partial charge is 0.508 e. The first-order chi connectivity index (χ1) is 9.19. The standard InChI is InChI=1S/C15H24N2O2/c1-2-17-9-7-12(8-10-17)15(16)11-19-14-5-3-13(18)4-6-14/h3-6,12,15,18H,2,7-11,16H2,1H3. The topological polar surface area (TPSA) is 58.7 Å². The molecule has 1 fully saturated rings. The van der Waals surface area contributed by atoms with Gasteiger partial charge in [0.15, 0.2) is 0 Å². The third-order valence-corrected chi connectivity index (χ3v) is 3.96. The van der Waals surface area contributed by atoms with Crippen LogP contribution in [0.1, 0.15) is 19.8 Å². The van der Waals surface area contributed by atoms with E-state index in [1.165, 1.54) is 0 Å². The van der Waals surface area contributed by atoms with E-state index in [4.69, 9.17) is 10.5 Å². The predicted octanol–water partition coefficient (Wildman–Crippen LogP) is 1.83. The first kappa shape index (κ1) is 14.2. The van der Waals surface area contributed by atoms with Crippen LogP contribution in [-0.4, -0.2) is 42.3 Å². The van der Waals surface area contributed by atoms with Gasteiger partial charge in [-0.3, -0.25) is 0 Å². The first-order valence-electron chi connectivity index (χ1n) is 7.08. The fourth-order valence-corrected chi connectivity index (χ4v) is 2.57. The molecule has 1 aromatic carbocycles. The number of phenolic OH excluding ortho intramolecular Hbond substituents is 1. The second-order valence-corrected chi connectivity index (χ2v) is 5.24. The third-order valence-electron chi connectivity index (χ3n) is 3.96. The normalized spacial score (nSPS) is 19.3. The van der Waals surface area contributed by atoms with E-state index in [-0.39, 0.29) is 11.8 Å². The summed E-state index contributed by atoms with van der Waals surface area (Å²) in [6.45, 7) is 6.17. The highest BCUT2D eigenvalue weighted by atomic mass is 16.5. The number of hydrogen-bond acceptors (Lipinski definition) is 4. The minimum Gasteiger partial charge on any atom is -0.508 e. The van der Waals surface area contributed by atoms with Gasteiger partial charge in [-0.25, -0.2) is 0 Å². The zero-order valence-electron chi connectivity index (χ0n) is 11.6. The summed E-state index contributed by atoms with van der Waals surface area (Å²) < 4.78 is 5.68. The summed E-state index contributed by atoms with van der Waals surface area (Å²) in [7, 11) is 0. The van der Waals surface area contributed by atoms with Crippen molar-refractivity contribution in [3.05, 3.63) is 24.3 Å². The van der Waals surface area contributed by atoms with Crippen molar-refractivity contribution < 1.29 is 9.84 Å². The van der Waals surface area contributed by atoms with Crippen LogP contribution in [0.4, 0.5) is 0 Å². The number of nitrogens with zero attached hydrogens (tertiary/aromatic N) is 1. The molecule has 3 N–H and O–H groups in total. The fraction of sp³-hybridized carbons (Fsp3) is 0.600. The summed E-state index contributed by atoms with van der Waals surface area (Å²) >= 11 is 0. The van der Waals surface area contributed by atoms with Crippen molar-refractivity contribution in [1.82, 2.24) is 4.90 Å². The molecule has 1 heterocycles.